The number of aryl methyl sites for hydroxylation is 1. The zero-order chi connectivity index (χ0) is 12.3. The first kappa shape index (κ1) is 12.6. The quantitative estimate of drug-likeness (QED) is 0.671. The standard InChI is InChI=1S/C16H19Br/c1-12(2)14-10-9-13(6-5-11-17)15-7-3-4-8-16(14)15/h3-4,7-10,12H,5-6,11H2,1-2H3. The molecule has 0 aliphatic carbocycles. The molecule has 0 N–H and O–H groups in total. The van der Waals surface area contributed by atoms with Crippen molar-refractivity contribution in [1.29, 1.82) is 0 Å². The third-order valence-electron chi connectivity index (χ3n) is 3.25. The van der Waals surface area contributed by atoms with E-state index < -0.39 is 0 Å². The van der Waals surface area contributed by atoms with Crippen molar-refractivity contribution in [3.8, 4) is 0 Å². The second-order valence-corrected chi connectivity index (χ2v) is 5.60. The Bertz CT molecular complexity index is 500. The van der Waals surface area contributed by atoms with Gasteiger partial charge in [0.05, 0.1) is 0 Å². The minimum absolute atomic E-state index is 0.588. The van der Waals surface area contributed by atoms with Crippen LogP contribution in [0.2, 0.25) is 0 Å². The van der Waals surface area contributed by atoms with Crippen LogP contribution in [0.15, 0.2) is 36.4 Å². The molecule has 0 unspecified atom stereocenters. The molecule has 0 nitrogen and oxygen atoms in total. The molecule has 0 aliphatic rings. The van der Waals surface area contributed by atoms with E-state index in [0.29, 0.717) is 5.92 Å². The summed E-state index contributed by atoms with van der Waals surface area (Å²) >= 11 is 3.51. The second kappa shape index (κ2) is 5.68. The van der Waals surface area contributed by atoms with E-state index in [1.54, 1.807) is 0 Å². The molecule has 2 aromatic rings. The van der Waals surface area contributed by atoms with Crippen molar-refractivity contribution >= 4 is 26.7 Å². The molecular weight excluding hydrogens is 272 g/mol. The molecule has 0 fully saturated rings. The van der Waals surface area contributed by atoms with Crippen LogP contribution >= 0.6 is 15.9 Å². The van der Waals surface area contributed by atoms with E-state index in [4.69, 9.17) is 0 Å². The number of fused-ring (bicyclic) bond motifs is 1. The Morgan fingerprint density at radius 1 is 1.00 bits per heavy atom. The largest absolute Gasteiger partial charge is 0.0928 e. The van der Waals surface area contributed by atoms with Crippen molar-refractivity contribution < 1.29 is 0 Å². The number of hydrogen-bond acceptors (Lipinski definition) is 0. The van der Waals surface area contributed by atoms with Gasteiger partial charge in [-0.3, -0.25) is 0 Å². The highest BCUT2D eigenvalue weighted by molar-refractivity contribution is 9.09. The van der Waals surface area contributed by atoms with Gasteiger partial charge in [0, 0.05) is 5.33 Å². The fraction of sp³-hybridized carbons (Fsp3) is 0.375. The molecule has 0 bridgehead atoms. The molecule has 2 rings (SSSR count). The van der Waals surface area contributed by atoms with Crippen molar-refractivity contribution in [1.82, 2.24) is 0 Å². The van der Waals surface area contributed by atoms with Crippen LogP contribution in [0.5, 0.6) is 0 Å². The number of hydrogen-bond donors (Lipinski definition) is 0. The van der Waals surface area contributed by atoms with Crippen molar-refractivity contribution in [2.75, 3.05) is 5.33 Å². The number of benzene rings is 2. The van der Waals surface area contributed by atoms with E-state index >= 15 is 0 Å². The van der Waals surface area contributed by atoms with Gasteiger partial charge in [-0.1, -0.05) is 66.2 Å². The minimum Gasteiger partial charge on any atom is -0.0928 e. The number of halogens is 1. The average molecular weight is 291 g/mol. The molecule has 0 aliphatic heterocycles. The van der Waals surface area contributed by atoms with Crippen molar-refractivity contribution in [2.45, 2.75) is 32.6 Å². The molecule has 0 aromatic heterocycles. The highest BCUT2D eigenvalue weighted by atomic mass is 79.9. The Morgan fingerprint density at radius 2 is 1.71 bits per heavy atom. The molecule has 0 radical (unpaired) electrons. The SMILES string of the molecule is CC(C)c1ccc(CCCBr)c2ccccc12. The lowest BCUT2D eigenvalue weighted by atomic mass is 9.92. The van der Waals surface area contributed by atoms with Gasteiger partial charge in [-0.2, -0.15) is 0 Å². The third-order valence-corrected chi connectivity index (χ3v) is 3.81. The first-order valence-electron chi connectivity index (χ1n) is 6.30. The van der Waals surface area contributed by atoms with Gasteiger partial charge in [0.15, 0.2) is 0 Å². The maximum absolute atomic E-state index is 3.51. The van der Waals surface area contributed by atoms with Gasteiger partial charge in [-0.25, -0.2) is 0 Å². The molecule has 0 saturated carbocycles. The van der Waals surface area contributed by atoms with E-state index in [1.807, 2.05) is 0 Å². The van der Waals surface area contributed by atoms with E-state index in [0.717, 1.165) is 11.8 Å². The molecule has 1 heteroatoms. The summed E-state index contributed by atoms with van der Waals surface area (Å²) < 4.78 is 0. The maximum atomic E-state index is 3.51. The van der Waals surface area contributed by atoms with Crippen molar-refractivity contribution in [3.63, 3.8) is 0 Å². The summed E-state index contributed by atoms with van der Waals surface area (Å²) in [7, 11) is 0. The summed E-state index contributed by atoms with van der Waals surface area (Å²) in [6.07, 6.45) is 2.36. The smallest absolute Gasteiger partial charge is 0.00344 e. The van der Waals surface area contributed by atoms with Crippen LogP contribution in [0.1, 0.15) is 37.3 Å². The summed E-state index contributed by atoms with van der Waals surface area (Å²) in [6, 6.07) is 13.4. The third kappa shape index (κ3) is 2.71. The Morgan fingerprint density at radius 3 is 2.35 bits per heavy atom. The Kier molecular flexibility index (Phi) is 4.22. The van der Waals surface area contributed by atoms with Crippen LogP contribution in [0.3, 0.4) is 0 Å². The van der Waals surface area contributed by atoms with Gasteiger partial charge in [0.2, 0.25) is 0 Å². The van der Waals surface area contributed by atoms with Crippen molar-refractivity contribution in [2.24, 2.45) is 0 Å². The van der Waals surface area contributed by atoms with Crippen LogP contribution in [-0.2, 0) is 6.42 Å². The number of rotatable bonds is 4. The van der Waals surface area contributed by atoms with Crippen LogP contribution < -0.4 is 0 Å². The lowest BCUT2D eigenvalue weighted by Gasteiger charge is -2.13. The molecular formula is C16H19Br. The summed E-state index contributed by atoms with van der Waals surface area (Å²) in [4.78, 5) is 0. The first-order valence-corrected chi connectivity index (χ1v) is 7.42. The van der Waals surface area contributed by atoms with Gasteiger partial charge in [-0.05, 0) is 40.7 Å². The number of alkyl halides is 1. The van der Waals surface area contributed by atoms with Gasteiger partial charge >= 0.3 is 0 Å². The van der Waals surface area contributed by atoms with E-state index in [-0.39, 0.29) is 0 Å². The van der Waals surface area contributed by atoms with Gasteiger partial charge in [-0.15, -0.1) is 0 Å². The lowest BCUT2D eigenvalue weighted by molar-refractivity contribution is 0.873. The highest BCUT2D eigenvalue weighted by Crippen LogP contribution is 2.28. The lowest BCUT2D eigenvalue weighted by Crippen LogP contribution is -1.94. The molecule has 0 amide bonds. The second-order valence-electron chi connectivity index (χ2n) is 4.81. The molecule has 0 atom stereocenters. The summed E-state index contributed by atoms with van der Waals surface area (Å²) in [5, 5.41) is 3.93. The molecule has 90 valence electrons. The molecule has 0 spiro atoms. The van der Waals surface area contributed by atoms with Crippen LogP contribution in [0, 0.1) is 0 Å². The maximum Gasteiger partial charge on any atom is 0.00344 e. The zero-order valence-electron chi connectivity index (χ0n) is 10.5. The van der Waals surface area contributed by atoms with E-state index in [1.165, 1.54) is 28.3 Å². The fourth-order valence-corrected chi connectivity index (χ4v) is 2.64. The van der Waals surface area contributed by atoms with E-state index in [9.17, 15) is 0 Å². The Labute approximate surface area is 112 Å². The summed E-state index contributed by atoms with van der Waals surface area (Å²) in [6.45, 7) is 4.53. The molecule has 0 saturated heterocycles. The van der Waals surface area contributed by atoms with Gasteiger partial charge in [0.25, 0.3) is 0 Å². The summed E-state index contributed by atoms with van der Waals surface area (Å²) in [5.74, 6) is 0.588. The van der Waals surface area contributed by atoms with Gasteiger partial charge < -0.3 is 0 Å². The predicted molar refractivity (Wildman–Crippen MR) is 80.2 cm³/mol. The minimum atomic E-state index is 0.588. The first-order chi connectivity index (χ1) is 8.24. The highest BCUT2D eigenvalue weighted by Gasteiger charge is 2.07. The Hall–Kier alpha value is -0.820. The topological polar surface area (TPSA) is 0 Å². The van der Waals surface area contributed by atoms with Crippen LogP contribution in [0.4, 0.5) is 0 Å². The predicted octanol–water partition coefficient (Wildman–Crippen LogP) is 5.29. The fourth-order valence-electron chi connectivity index (χ4n) is 2.36. The zero-order valence-corrected chi connectivity index (χ0v) is 12.1. The normalized spacial score (nSPS) is 11.3. The van der Waals surface area contributed by atoms with Gasteiger partial charge in [0.1, 0.15) is 0 Å². The van der Waals surface area contributed by atoms with Crippen molar-refractivity contribution in [3.05, 3.63) is 47.5 Å². The molecule has 0 heterocycles. The summed E-state index contributed by atoms with van der Waals surface area (Å²) in [5.41, 5.74) is 2.94. The van der Waals surface area contributed by atoms with Crippen LogP contribution in [-0.4, -0.2) is 5.33 Å². The monoisotopic (exact) mass is 290 g/mol. The Balaban J connectivity index is 2.54. The average Bonchev–Trinajstić information content (AvgIpc) is 2.35. The van der Waals surface area contributed by atoms with Crippen LogP contribution in [0.25, 0.3) is 10.8 Å². The molecule has 2 aromatic carbocycles. The molecule has 17 heavy (non-hydrogen) atoms. The van der Waals surface area contributed by atoms with E-state index in [2.05, 4.69) is 66.2 Å².